The maximum absolute atomic E-state index is 13.0. The highest BCUT2D eigenvalue weighted by Gasteiger charge is 2.49. The second-order valence-corrected chi connectivity index (χ2v) is 21.3. The zero-order valence-corrected chi connectivity index (χ0v) is 38.5. The quantitative estimate of drug-likeness (QED) is 0.0306. The van der Waals surface area contributed by atoms with E-state index >= 15 is 0 Å². The lowest BCUT2D eigenvalue weighted by molar-refractivity contribution is -0.121. The number of fused-ring (bicyclic) bond motifs is 3. The van der Waals surface area contributed by atoms with Crippen molar-refractivity contribution < 1.29 is 80.0 Å². The summed E-state index contributed by atoms with van der Waals surface area (Å²) in [4.78, 5) is 103. The van der Waals surface area contributed by atoms with Crippen LogP contribution < -0.4 is 26.9 Å². The lowest BCUT2D eigenvalue weighted by atomic mass is 9.79. The molecule has 0 bridgehead atoms. The highest BCUT2D eigenvalue weighted by Crippen LogP contribution is 2.66. The Balaban J connectivity index is 1.04. The maximum Gasteiger partial charge on any atom is 0.488 e. The van der Waals surface area contributed by atoms with Crippen LogP contribution in [0.4, 0.5) is 16.3 Å². The Morgan fingerprint density at radius 2 is 1.77 bits per heavy atom. The average molecular weight is 993 g/mol. The molecule has 3 unspecified atom stereocenters. The number of nitrogens with two attached hydrogens (primary N) is 1. The Morgan fingerprint density at radius 3 is 2.48 bits per heavy atom. The first kappa shape index (κ1) is 50.0. The van der Waals surface area contributed by atoms with E-state index in [2.05, 4.69) is 71.7 Å². The number of hydrogen-bond donors (Lipinski definition) is 8. The predicted octanol–water partition coefficient (Wildman–Crippen LogP) is 2.19. The van der Waals surface area contributed by atoms with Gasteiger partial charge in [0, 0.05) is 48.7 Å². The number of esters is 1. The molecule has 0 aliphatic carbocycles. The molecular formula is C35H47N8O18P3S. The first-order chi connectivity index (χ1) is 30.4. The smallest absolute Gasteiger partial charge is 0.462 e. The van der Waals surface area contributed by atoms with Crippen molar-refractivity contribution >= 4 is 85.8 Å². The number of hydrogen-bond acceptors (Lipinski definition) is 20. The van der Waals surface area contributed by atoms with Crippen molar-refractivity contribution in [3.8, 4) is 0 Å². The van der Waals surface area contributed by atoms with Crippen LogP contribution in [0.1, 0.15) is 75.0 Å². The molecular weight excluding hydrogens is 945 g/mol. The summed E-state index contributed by atoms with van der Waals surface area (Å²) in [5.41, 5.74) is 6.88. The number of imidazole rings is 1. The Morgan fingerprint density at radius 1 is 1.05 bits per heavy atom. The maximum atomic E-state index is 13.0. The molecule has 26 nitrogen and oxygen atoms in total. The number of aromatic nitrogens is 4. The van der Waals surface area contributed by atoms with Crippen molar-refractivity contribution in [1.82, 2.24) is 30.2 Å². The summed E-state index contributed by atoms with van der Waals surface area (Å²) >= 11 is 4.07. The molecule has 1 saturated heterocycles. The van der Waals surface area contributed by atoms with Gasteiger partial charge in [0.25, 0.3) is 0 Å². The summed E-state index contributed by atoms with van der Waals surface area (Å²) in [6, 6.07) is 5.16. The van der Waals surface area contributed by atoms with Crippen LogP contribution in [0.2, 0.25) is 0 Å². The summed E-state index contributed by atoms with van der Waals surface area (Å²) in [7, 11) is -11.2. The molecule has 5 heterocycles. The molecule has 9 N–H and O–H groups in total. The molecule has 2 amide bonds. The number of amides is 2. The van der Waals surface area contributed by atoms with E-state index in [1.807, 2.05) is 6.07 Å². The Kier molecular flexibility index (Phi) is 15.2. The summed E-state index contributed by atoms with van der Waals surface area (Å²) < 4.78 is 60.1. The molecule has 0 spiro atoms. The Labute approximate surface area is 373 Å². The first-order valence-corrected chi connectivity index (χ1v) is 25.3. The number of phosphoric acid groups is 2. The van der Waals surface area contributed by atoms with Crippen LogP contribution in [-0.2, 0) is 53.1 Å². The van der Waals surface area contributed by atoms with Crippen LogP contribution in [0.25, 0.3) is 22.1 Å². The van der Waals surface area contributed by atoms with Gasteiger partial charge >= 0.3 is 40.1 Å². The van der Waals surface area contributed by atoms with Gasteiger partial charge in [-0.1, -0.05) is 6.92 Å². The van der Waals surface area contributed by atoms with E-state index in [1.54, 1.807) is 13.0 Å². The van der Waals surface area contributed by atoms with Gasteiger partial charge in [-0.15, -0.1) is 0 Å². The zero-order chi connectivity index (χ0) is 47.6. The van der Waals surface area contributed by atoms with Crippen molar-refractivity contribution in [2.24, 2.45) is 0 Å². The molecule has 3 aromatic heterocycles. The van der Waals surface area contributed by atoms with Gasteiger partial charge in [0.15, 0.2) is 23.8 Å². The minimum atomic E-state index is -5.65. The fourth-order valence-corrected chi connectivity index (χ4v) is 11.4. The van der Waals surface area contributed by atoms with Crippen molar-refractivity contribution in [3.05, 3.63) is 52.4 Å². The fourth-order valence-electron chi connectivity index (χ4n) is 7.62. The van der Waals surface area contributed by atoms with E-state index in [0.717, 1.165) is 24.0 Å². The molecule has 65 heavy (non-hydrogen) atoms. The highest BCUT2D eigenvalue weighted by molar-refractivity contribution is 8.08. The summed E-state index contributed by atoms with van der Waals surface area (Å²) in [6.07, 6.45) is -3.93. The minimum Gasteiger partial charge on any atom is -0.462 e. The molecule has 1 fully saturated rings. The van der Waals surface area contributed by atoms with Crippen LogP contribution in [0.3, 0.4) is 0 Å². The second-order valence-electron chi connectivity index (χ2n) is 15.5. The van der Waals surface area contributed by atoms with E-state index in [1.165, 1.54) is 17.0 Å². The normalized spacial score (nSPS) is 22.5. The number of carbonyl (C=O) groups excluding carboxylic acids is 3. The van der Waals surface area contributed by atoms with E-state index in [-0.39, 0.29) is 66.0 Å². The van der Waals surface area contributed by atoms with E-state index in [0.29, 0.717) is 23.9 Å². The molecule has 7 atom stereocenters. The summed E-state index contributed by atoms with van der Waals surface area (Å²) in [5.74, 6) is -0.977. The van der Waals surface area contributed by atoms with E-state index < -0.39 is 71.2 Å². The Hall–Kier alpha value is -4.46. The second kappa shape index (κ2) is 19.8. The monoisotopic (exact) mass is 992 g/mol. The number of phosphoric ester groups is 1. The van der Waals surface area contributed by atoms with Crippen LogP contribution >= 0.6 is 22.4 Å². The third-order valence-corrected chi connectivity index (χ3v) is 14.7. The van der Waals surface area contributed by atoms with Crippen LogP contribution in [-0.4, -0.2) is 119 Å². The molecule has 30 heteroatoms. The van der Waals surface area contributed by atoms with Gasteiger partial charge in [-0.2, -0.15) is 4.31 Å². The number of rotatable bonds is 18. The lowest BCUT2D eigenvalue weighted by Crippen LogP contribution is -2.49. The van der Waals surface area contributed by atoms with Crippen LogP contribution in [0.15, 0.2) is 40.1 Å². The minimum absolute atomic E-state index is 0.0250. The molecule has 4 aromatic rings. The van der Waals surface area contributed by atoms with Crippen LogP contribution in [0, 0.1) is 0 Å². The van der Waals surface area contributed by atoms with Gasteiger partial charge in [0.1, 0.15) is 35.2 Å². The third-order valence-electron chi connectivity index (χ3n) is 10.3. The topological polar surface area (TPSA) is 369 Å². The first-order valence-electron chi connectivity index (χ1n) is 19.7. The molecule has 0 saturated carbocycles. The standard InChI is InChI=1S/C35H47N8O18P3S/c1-5-55-32(46)21-12-19-11-20-18(2)14-35(3,4)43(22(20)13-23(19)58-33(21)47)10-6-7-25(44)37-8-9-38-34(48)59-28-27(45)24(15-56-62(49,50)60-63(51,52)61-64(53,54)65)57-31(28)42-17-41-26-29(36)39-16-40-30(26)42/h11-13,16-18,24,27-28,31,45H,5-10,14-15H2,1-4H3,(H,37,44)(H,38,48)(H,49,50)(H,51,52)(H2,36,39,40)(H2,53,54,65)/t18?,24-,27-,28-,31-/m1/s1. The fraction of sp³-hybridized carbons (Fsp3) is 0.514. The average Bonchev–Trinajstić information content (AvgIpc) is 3.75. The molecule has 2 aliphatic heterocycles. The number of nitrogen functional groups attached to an aromatic ring is 1. The van der Waals surface area contributed by atoms with Gasteiger partial charge in [-0.3, -0.25) is 13.9 Å². The third kappa shape index (κ3) is 12.1. The summed E-state index contributed by atoms with van der Waals surface area (Å²) in [6.45, 7) is 2.44. The number of carbonyl (C=O) groups is 3. The number of nitrogens with zero attached hydrogens (tertiary/aromatic N) is 5. The summed E-state index contributed by atoms with van der Waals surface area (Å²) in [5, 5.41) is 16.9. The molecule has 356 valence electrons. The SMILES string of the molecule is CCOC(=O)c1cc2cc3c(cc2oc1=O)N(CCCC(=O)NCCNC(=O)O[C@@H]1[C@H](O)[C@@H](COP(=O)(O)OP(=O)(O)OP(O)(O)=S)O[C@H]1n1cnc2c(N)ncnc21)C(C)(C)CC3C. The predicted molar refractivity (Wildman–Crippen MR) is 230 cm³/mol. The molecule has 6 rings (SSSR count). The van der Waals surface area contributed by atoms with Gasteiger partial charge < -0.3 is 64.6 Å². The van der Waals surface area contributed by atoms with Gasteiger partial charge in [-0.25, -0.2) is 42.8 Å². The Bertz CT molecular complexity index is 2660. The van der Waals surface area contributed by atoms with E-state index in [9.17, 15) is 43.2 Å². The highest BCUT2D eigenvalue weighted by atomic mass is 32.5. The molecule has 1 aromatic carbocycles. The molecule has 2 aliphatic rings. The van der Waals surface area contributed by atoms with Gasteiger partial charge in [-0.05, 0) is 69.0 Å². The van der Waals surface area contributed by atoms with Crippen LogP contribution in [0.5, 0.6) is 0 Å². The lowest BCUT2D eigenvalue weighted by Gasteiger charge is -2.47. The van der Waals surface area contributed by atoms with Crippen molar-refractivity contribution in [2.45, 2.75) is 83.0 Å². The molecule has 0 radical (unpaired) electrons. The zero-order valence-electron chi connectivity index (χ0n) is 35.0. The number of nitrogens with one attached hydrogen (secondary N) is 2. The number of aliphatic hydroxyl groups is 1. The van der Waals surface area contributed by atoms with E-state index in [4.69, 9.17) is 38.7 Å². The van der Waals surface area contributed by atoms with Crippen molar-refractivity contribution in [2.75, 3.05) is 43.5 Å². The number of benzene rings is 1. The van der Waals surface area contributed by atoms with Crippen molar-refractivity contribution in [3.63, 3.8) is 0 Å². The number of alkyl carbamates (subject to hydrolysis) is 1. The van der Waals surface area contributed by atoms with Gasteiger partial charge in [0.05, 0.1) is 19.5 Å². The van der Waals surface area contributed by atoms with Crippen molar-refractivity contribution in [1.29, 1.82) is 0 Å². The number of ether oxygens (including phenoxy) is 3. The van der Waals surface area contributed by atoms with Gasteiger partial charge in [0.2, 0.25) is 5.91 Å². The number of aliphatic hydroxyl groups excluding tert-OH is 1. The number of anilines is 2. The largest absolute Gasteiger partial charge is 0.488 e.